The topological polar surface area (TPSA) is 26.3 Å². The second-order valence-electron chi connectivity index (χ2n) is 2.49. The van der Waals surface area contributed by atoms with Crippen molar-refractivity contribution in [3.63, 3.8) is 0 Å². The molecule has 1 atom stereocenters. The Morgan fingerprint density at radius 3 is 2.64 bits per heavy atom. The van der Waals surface area contributed by atoms with Gasteiger partial charge in [-0.15, -0.1) is 0 Å². The van der Waals surface area contributed by atoms with Gasteiger partial charge >= 0.3 is 5.97 Å². The highest BCUT2D eigenvalue weighted by molar-refractivity contribution is 9.10. The Bertz CT molecular complexity index is 113. The van der Waals surface area contributed by atoms with Crippen LogP contribution in [0.2, 0.25) is 0 Å². The molecule has 0 aromatic rings. The van der Waals surface area contributed by atoms with Gasteiger partial charge in [0, 0.05) is 0 Å². The van der Waals surface area contributed by atoms with Gasteiger partial charge in [-0.05, 0) is 13.3 Å². The second kappa shape index (κ2) is 6.65. The van der Waals surface area contributed by atoms with Gasteiger partial charge in [-0.25, -0.2) is 0 Å². The van der Waals surface area contributed by atoms with E-state index in [1.54, 1.807) is 6.92 Å². The first kappa shape index (κ1) is 11.0. The molecule has 0 spiro atoms. The molecule has 0 rings (SSSR count). The molecule has 11 heavy (non-hydrogen) atoms. The average molecular weight is 223 g/mol. The molecule has 0 N–H and O–H groups in total. The zero-order valence-electron chi connectivity index (χ0n) is 7.10. The van der Waals surface area contributed by atoms with Gasteiger partial charge in [0.25, 0.3) is 0 Å². The Hall–Kier alpha value is -0.0500. The number of hydrogen-bond acceptors (Lipinski definition) is 2. The average Bonchev–Trinajstić information content (AvgIpc) is 1.97. The lowest BCUT2D eigenvalue weighted by molar-refractivity contribution is -0.142. The highest BCUT2D eigenvalue weighted by atomic mass is 79.9. The fraction of sp³-hybridized carbons (Fsp3) is 0.875. The molecule has 66 valence electrons. The van der Waals surface area contributed by atoms with Crippen LogP contribution in [0, 0.1) is 0 Å². The van der Waals surface area contributed by atoms with Crippen LogP contribution in [0.5, 0.6) is 0 Å². The lowest BCUT2D eigenvalue weighted by Crippen LogP contribution is -2.14. The summed E-state index contributed by atoms with van der Waals surface area (Å²) < 4.78 is 4.92. The van der Waals surface area contributed by atoms with Crippen LogP contribution in [-0.2, 0) is 9.53 Å². The van der Waals surface area contributed by atoms with E-state index in [1.165, 1.54) is 0 Å². The molecule has 0 saturated carbocycles. The van der Waals surface area contributed by atoms with Crippen molar-refractivity contribution in [2.24, 2.45) is 0 Å². The minimum absolute atomic E-state index is 0.166. The second-order valence-corrected chi connectivity index (χ2v) is 3.86. The summed E-state index contributed by atoms with van der Waals surface area (Å²) in [4.78, 5) is 10.7. The molecular formula is C8H15BrO2. The van der Waals surface area contributed by atoms with Crippen molar-refractivity contribution in [3.05, 3.63) is 0 Å². The van der Waals surface area contributed by atoms with E-state index in [0.29, 0.717) is 6.61 Å². The van der Waals surface area contributed by atoms with Gasteiger partial charge in [-0.3, -0.25) is 4.79 Å². The molecule has 0 unspecified atom stereocenters. The van der Waals surface area contributed by atoms with Crippen LogP contribution in [0.15, 0.2) is 0 Å². The number of unbranched alkanes of at least 4 members (excludes halogenated alkanes) is 2. The normalized spacial score (nSPS) is 12.6. The Morgan fingerprint density at radius 1 is 1.55 bits per heavy atom. The van der Waals surface area contributed by atoms with E-state index < -0.39 is 0 Å². The molecule has 3 heteroatoms. The molecule has 0 aliphatic heterocycles. The van der Waals surface area contributed by atoms with Gasteiger partial charge in [0.2, 0.25) is 0 Å². The third-order valence-electron chi connectivity index (χ3n) is 1.32. The highest BCUT2D eigenvalue weighted by Gasteiger charge is 2.08. The van der Waals surface area contributed by atoms with Gasteiger partial charge in [0.15, 0.2) is 0 Å². The maximum Gasteiger partial charge on any atom is 0.319 e. The molecule has 0 amide bonds. The fourth-order valence-electron chi connectivity index (χ4n) is 0.640. The van der Waals surface area contributed by atoms with Crippen molar-refractivity contribution in [1.29, 1.82) is 0 Å². The zero-order valence-corrected chi connectivity index (χ0v) is 8.69. The molecule has 0 aromatic heterocycles. The van der Waals surface area contributed by atoms with Crippen molar-refractivity contribution in [2.75, 3.05) is 6.61 Å². The first-order valence-electron chi connectivity index (χ1n) is 3.99. The highest BCUT2D eigenvalue weighted by Crippen LogP contribution is 2.01. The summed E-state index contributed by atoms with van der Waals surface area (Å²) >= 11 is 3.13. The molecular weight excluding hydrogens is 208 g/mol. The molecule has 0 bridgehead atoms. The minimum atomic E-state index is -0.177. The van der Waals surface area contributed by atoms with E-state index in [1.807, 2.05) is 0 Å². The lowest BCUT2D eigenvalue weighted by Gasteiger charge is -2.04. The molecule has 0 aromatic carbocycles. The lowest BCUT2D eigenvalue weighted by atomic mass is 10.3. The predicted octanol–water partition coefficient (Wildman–Crippen LogP) is 2.50. The number of carbonyl (C=O) groups is 1. The van der Waals surface area contributed by atoms with Crippen LogP contribution in [0.4, 0.5) is 0 Å². The zero-order chi connectivity index (χ0) is 8.69. The SMILES string of the molecule is CCCCCOC(=O)[C@@H](C)Br. The fourth-order valence-corrected chi connectivity index (χ4v) is 0.772. The largest absolute Gasteiger partial charge is 0.465 e. The predicted molar refractivity (Wildman–Crippen MR) is 48.9 cm³/mol. The first-order valence-corrected chi connectivity index (χ1v) is 4.90. The van der Waals surface area contributed by atoms with E-state index in [-0.39, 0.29) is 10.8 Å². The van der Waals surface area contributed by atoms with Crippen LogP contribution in [0.25, 0.3) is 0 Å². The molecule has 0 saturated heterocycles. The van der Waals surface area contributed by atoms with E-state index in [4.69, 9.17) is 4.74 Å². The first-order chi connectivity index (χ1) is 5.18. The van der Waals surface area contributed by atoms with Gasteiger partial charge in [0.05, 0.1) is 6.61 Å². The van der Waals surface area contributed by atoms with Crippen LogP contribution < -0.4 is 0 Å². The molecule has 0 aliphatic carbocycles. The van der Waals surface area contributed by atoms with Crippen molar-refractivity contribution in [1.82, 2.24) is 0 Å². The summed E-state index contributed by atoms with van der Waals surface area (Å²) in [7, 11) is 0. The summed E-state index contributed by atoms with van der Waals surface area (Å²) in [5.74, 6) is -0.166. The number of halogens is 1. The maximum atomic E-state index is 10.8. The van der Waals surface area contributed by atoms with Crippen LogP contribution in [0.3, 0.4) is 0 Å². The third kappa shape index (κ3) is 6.35. The van der Waals surface area contributed by atoms with E-state index >= 15 is 0 Å². The van der Waals surface area contributed by atoms with Gasteiger partial charge in [-0.2, -0.15) is 0 Å². The number of carbonyl (C=O) groups excluding carboxylic acids is 1. The standard InChI is InChI=1S/C8H15BrO2/c1-3-4-5-6-11-8(10)7(2)9/h7H,3-6H2,1-2H3/t7-/m1/s1. The Labute approximate surface area is 76.4 Å². The minimum Gasteiger partial charge on any atom is -0.465 e. The van der Waals surface area contributed by atoms with Gasteiger partial charge in [-0.1, -0.05) is 35.7 Å². The molecule has 0 fully saturated rings. The third-order valence-corrected chi connectivity index (χ3v) is 1.69. The molecule has 0 radical (unpaired) electrons. The quantitative estimate of drug-likeness (QED) is 0.406. The van der Waals surface area contributed by atoms with Crippen molar-refractivity contribution in [2.45, 2.75) is 37.9 Å². The van der Waals surface area contributed by atoms with Gasteiger partial charge in [0.1, 0.15) is 4.83 Å². The van der Waals surface area contributed by atoms with Crippen LogP contribution in [0.1, 0.15) is 33.1 Å². The molecule has 0 heterocycles. The van der Waals surface area contributed by atoms with Crippen LogP contribution >= 0.6 is 15.9 Å². The number of ether oxygens (including phenoxy) is 1. The number of rotatable bonds is 5. The number of hydrogen-bond donors (Lipinski definition) is 0. The summed E-state index contributed by atoms with van der Waals surface area (Å²) in [6.07, 6.45) is 3.26. The maximum absolute atomic E-state index is 10.8. The molecule has 2 nitrogen and oxygen atoms in total. The van der Waals surface area contributed by atoms with Crippen molar-refractivity contribution >= 4 is 21.9 Å². The van der Waals surface area contributed by atoms with Crippen LogP contribution in [-0.4, -0.2) is 17.4 Å². The molecule has 0 aliphatic rings. The summed E-state index contributed by atoms with van der Waals surface area (Å²) in [5.41, 5.74) is 0. The Morgan fingerprint density at radius 2 is 2.18 bits per heavy atom. The van der Waals surface area contributed by atoms with E-state index in [9.17, 15) is 4.79 Å². The number of esters is 1. The van der Waals surface area contributed by atoms with E-state index in [2.05, 4.69) is 22.9 Å². The van der Waals surface area contributed by atoms with Gasteiger partial charge < -0.3 is 4.74 Å². The smallest absolute Gasteiger partial charge is 0.319 e. The Kier molecular flexibility index (Phi) is 6.62. The van der Waals surface area contributed by atoms with Crippen molar-refractivity contribution in [3.8, 4) is 0 Å². The number of alkyl halides is 1. The monoisotopic (exact) mass is 222 g/mol. The summed E-state index contributed by atoms with van der Waals surface area (Å²) in [6.45, 7) is 4.44. The Balaban J connectivity index is 3.18. The van der Waals surface area contributed by atoms with Crippen molar-refractivity contribution < 1.29 is 9.53 Å². The summed E-state index contributed by atoms with van der Waals surface area (Å²) in [6, 6.07) is 0. The summed E-state index contributed by atoms with van der Waals surface area (Å²) in [5, 5.41) is 0. The van der Waals surface area contributed by atoms with E-state index in [0.717, 1.165) is 19.3 Å².